The van der Waals surface area contributed by atoms with Crippen molar-refractivity contribution in [3.8, 4) is 0 Å². The van der Waals surface area contributed by atoms with Gasteiger partial charge in [-0.05, 0) is 55.8 Å². The highest BCUT2D eigenvalue weighted by Gasteiger charge is 2.35. The lowest BCUT2D eigenvalue weighted by Gasteiger charge is -2.37. The largest absolute Gasteiger partial charge is 0.401 e. The van der Waals surface area contributed by atoms with Gasteiger partial charge in [-0.1, -0.05) is 18.2 Å². The second-order valence-electron chi connectivity index (χ2n) is 6.80. The average molecular weight is 330 g/mol. The van der Waals surface area contributed by atoms with E-state index in [1.807, 2.05) is 12.1 Å². The molecule has 1 aliphatic carbocycles. The number of hydrogen-bond donors (Lipinski definition) is 1. The van der Waals surface area contributed by atoms with E-state index in [1.54, 1.807) is 6.07 Å². The SMILES string of the molecule is Fc1ccccc1C1CC(NC[C@H]2CCN(CC(F)(F)F)C2)C1. The number of alkyl halides is 3. The van der Waals surface area contributed by atoms with Crippen LogP contribution in [-0.4, -0.2) is 43.3 Å². The van der Waals surface area contributed by atoms with Crippen molar-refractivity contribution >= 4 is 0 Å². The smallest absolute Gasteiger partial charge is 0.314 e. The maximum atomic E-state index is 13.7. The van der Waals surface area contributed by atoms with Gasteiger partial charge >= 0.3 is 6.18 Å². The molecule has 1 aromatic rings. The minimum Gasteiger partial charge on any atom is -0.314 e. The quantitative estimate of drug-likeness (QED) is 0.831. The predicted octanol–water partition coefficient (Wildman–Crippen LogP) is 3.55. The zero-order valence-corrected chi connectivity index (χ0v) is 13.0. The molecule has 6 heteroatoms. The first-order valence-electron chi connectivity index (χ1n) is 8.17. The molecule has 23 heavy (non-hydrogen) atoms. The highest BCUT2D eigenvalue weighted by Crippen LogP contribution is 2.38. The molecule has 0 aromatic heterocycles. The van der Waals surface area contributed by atoms with Gasteiger partial charge in [0.15, 0.2) is 0 Å². The minimum absolute atomic E-state index is 0.144. The first kappa shape index (κ1) is 16.7. The topological polar surface area (TPSA) is 15.3 Å². The van der Waals surface area contributed by atoms with Crippen LogP contribution in [0.25, 0.3) is 0 Å². The van der Waals surface area contributed by atoms with E-state index >= 15 is 0 Å². The first-order chi connectivity index (χ1) is 10.9. The lowest BCUT2D eigenvalue weighted by molar-refractivity contribution is -0.143. The van der Waals surface area contributed by atoms with Gasteiger partial charge in [-0.3, -0.25) is 4.90 Å². The van der Waals surface area contributed by atoms with Gasteiger partial charge in [0.1, 0.15) is 5.82 Å². The monoisotopic (exact) mass is 330 g/mol. The van der Waals surface area contributed by atoms with Gasteiger partial charge in [-0.2, -0.15) is 13.2 Å². The number of hydrogen-bond acceptors (Lipinski definition) is 2. The lowest BCUT2D eigenvalue weighted by atomic mass is 9.75. The summed E-state index contributed by atoms with van der Waals surface area (Å²) < 4.78 is 50.8. The average Bonchev–Trinajstić information content (AvgIpc) is 2.84. The summed E-state index contributed by atoms with van der Waals surface area (Å²) in [6.07, 6.45) is -1.49. The van der Waals surface area contributed by atoms with Crippen molar-refractivity contribution < 1.29 is 17.6 Å². The van der Waals surface area contributed by atoms with Crippen LogP contribution in [0.3, 0.4) is 0 Å². The highest BCUT2D eigenvalue weighted by molar-refractivity contribution is 5.24. The van der Waals surface area contributed by atoms with Crippen molar-refractivity contribution in [2.45, 2.75) is 37.4 Å². The maximum Gasteiger partial charge on any atom is 0.401 e. The molecule has 1 heterocycles. The molecule has 0 amide bonds. The third kappa shape index (κ3) is 4.44. The Kier molecular flexibility index (Phi) is 4.92. The van der Waals surface area contributed by atoms with Crippen LogP contribution in [0.4, 0.5) is 17.6 Å². The third-order valence-electron chi connectivity index (χ3n) is 4.95. The molecule has 1 aromatic carbocycles. The van der Waals surface area contributed by atoms with Crippen LogP contribution in [-0.2, 0) is 0 Å². The van der Waals surface area contributed by atoms with Crippen LogP contribution in [0.5, 0.6) is 0 Å². The van der Waals surface area contributed by atoms with Gasteiger partial charge in [0, 0.05) is 12.6 Å². The van der Waals surface area contributed by atoms with Crippen LogP contribution < -0.4 is 5.32 Å². The van der Waals surface area contributed by atoms with Gasteiger partial charge in [-0.25, -0.2) is 4.39 Å². The molecule has 1 atom stereocenters. The Labute approximate surface area is 133 Å². The second kappa shape index (κ2) is 6.77. The van der Waals surface area contributed by atoms with E-state index in [4.69, 9.17) is 0 Å². The summed E-state index contributed by atoms with van der Waals surface area (Å²) in [7, 11) is 0. The van der Waals surface area contributed by atoms with Gasteiger partial charge < -0.3 is 5.32 Å². The summed E-state index contributed by atoms with van der Waals surface area (Å²) in [4.78, 5) is 1.48. The number of rotatable bonds is 5. The molecule has 2 fully saturated rings. The number of halogens is 4. The fraction of sp³-hybridized carbons (Fsp3) is 0.647. The highest BCUT2D eigenvalue weighted by atomic mass is 19.4. The molecule has 2 nitrogen and oxygen atoms in total. The first-order valence-corrected chi connectivity index (χ1v) is 8.17. The minimum atomic E-state index is -4.11. The third-order valence-corrected chi connectivity index (χ3v) is 4.95. The molecule has 1 N–H and O–H groups in total. The number of benzene rings is 1. The molecule has 1 aliphatic heterocycles. The van der Waals surface area contributed by atoms with E-state index in [2.05, 4.69) is 5.32 Å². The molecule has 1 saturated heterocycles. The molecule has 1 saturated carbocycles. The summed E-state index contributed by atoms with van der Waals surface area (Å²) in [5.74, 6) is 0.401. The van der Waals surface area contributed by atoms with Gasteiger partial charge in [0.25, 0.3) is 0 Å². The van der Waals surface area contributed by atoms with Crippen LogP contribution in [0.15, 0.2) is 24.3 Å². The van der Waals surface area contributed by atoms with Crippen molar-refractivity contribution in [1.82, 2.24) is 10.2 Å². The number of likely N-dealkylation sites (tertiary alicyclic amines) is 1. The molecular weight excluding hydrogens is 308 g/mol. The summed E-state index contributed by atoms with van der Waals surface area (Å²) in [5.41, 5.74) is 0.780. The molecule has 0 radical (unpaired) electrons. The zero-order valence-electron chi connectivity index (χ0n) is 13.0. The Bertz CT molecular complexity index is 526. The molecule has 2 aliphatic rings. The Hall–Kier alpha value is -1.14. The summed E-state index contributed by atoms with van der Waals surface area (Å²) in [6, 6.07) is 7.23. The molecule has 0 unspecified atom stereocenters. The van der Waals surface area contributed by atoms with Crippen LogP contribution in [0.2, 0.25) is 0 Å². The summed E-state index contributed by atoms with van der Waals surface area (Å²) in [6.45, 7) is 0.982. The Morgan fingerprint density at radius 2 is 1.91 bits per heavy atom. The zero-order chi connectivity index (χ0) is 16.4. The van der Waals surface area contributed by atoms with Crippen LogP contribution in [0, 0.1) is 11.7 Å². The van der Waals surface area contributed by atoms with Crippen molar-refractivity contribution in [1.29, 1.82) is 0 Å². The summed E-state index contributed by atoms with van der Waals surface area (Å²) in [5, 5.41) is 3.43. The van der Waals surface area contributed by atoms with Gasteiger partial charge in [0.2, 0.25) is 0 Å². The Morgan fingerprint density at radius 1 is 1.17 bits per heavy atom. The Balaban J connectivity index is 1.36. The van der Waals surface area contributed by atoms with E-state index in [0.717, 1.165) is 31.4 Å². The molecule has 0 spiro atoms. The van der Waals surface area contributed by atoms with E-state index < -0.39 is 12.7 Å². The van der Waals surface area contributed by atoms with Crippen LogP contribution >= 0.6 is 0 Å². The van der Waals surface area contributed by atoms with E-state index in [1.165, 1.54) is 11.0 Å². The van der Waals surface area contributed by atoms with Crippen molar-refractivity contribution in [3.63, 3.8) is 0 Å². The van der Waals surface area contributed by atoms with E-state index in [0.29, 0.717) is 19.1 Å². The van der Waals surface area contributed by atoms with Crippen molar-refractivity contribution in [2.75, 3.05) is 26.2 Å². The van der Waals surface area contributed by atoms with Gasteiger partial charge in [0.05, 0.1) is 6.54 Å². The number of nitrogens with zero attached hydrogens (tertiary/aromatic N) is 1. The Morgan fingerprint density at radius 3 is 2.61 bits per heavy atom. The van der Waals surface area contributed by atoms with E-state index in [9.17, 15) is 17.6 Å². The van der Waals surface area contributed by atoms with Crippen LogP contribution in [0.1, 0.15) is 30.7 Å². The summed E-state index contributed by atoms with van der Waals surface area (Å²) >= 11 is 0. The van der Waals surface area contributed by atoms with E-state index in [-0.39, 0.29) is 17.7 Å². The molecular formula is C17H22F4N2. The standard InChI is InChI=1S/C17H22F4N2/c18-16-4-2-1-3-15(16)13-7-14(8-13)22-9-12-5-6-23(10-12)11-17(19,20)21/h1-4,12-14,22H,5-11H2/t12-,13?,14?/m1/s1. The van der Waals surface area contributed by atoms with Crippen molar-refractivity contribution in [2.24, 2.45) is 5.92 Å². The fourth-order valence-corrected chi connectivity index (χ4v) is 3.65. The normalized spacial score (nSPS) is 28.8. The lowest BCUT2D eigenvalue weighted by Crippen LogP contribution is -2.43. The van der Waals surface area contributed by atoms with Gasteiger partial charge in [-0.15, -0.1) is 0 Å². The molecule has 128 valence electrons. The van der Waals surface area contributed by atoms with Crippen molar-refractivity contribution in [3.05, 3.63) is 35.6 Å². The fourth-order valence-electron chi connectivity index (χ4n) is 3.65. The maximum absolute atomic E-state index is 13.7. The molecule has 0 bridgehead atoms. The molecule has 3 rings (SSSR count). The number of nitrogens with one attached hydrogen (secondary N) is 1. The predicted molar refractivity (Wildman–Crippen MR) is 80.8 cm³/mol. The second-order valence-corrected chi connectivity index (χ2v) is 6.80.